The summed E-state index contributed by atoms with van der Waals surface area (Å²) in [4.78, 5) is 12.1. The third kappa shape index (κ3) is 2.73. The van der Waals surface area contributed by atoms with E-state index in [0.717, 1.165) is 11.1 Å². The zero-order chi connectivity index (χ0) is 16.7. The van der Waals surface area contributed by atoms with Gasteiger partial charge in [-0.1, -0.05) is 29.8 Å². The van der Waals surface area contributed by atoms with Gasteiger partial charge in [0.05, 0.1) is 0 Å². The van der Waals surface area contributed by atoms with Crippen LogP contribution in [0, 0.1) is 0 Å². The molecule has 0 fully saturated rings. The molecule has 23 heavy (non-hydrogen) atoms. The summed E-state index contributed by atoms with van der Waals surface area (Å²) in [6, 6.07) is 5.18. The van der Waals surface area contributed by atoms with Crippen LogP contribution in [0.3, 0.4) is 0 Å². The van der Waals surface area contributed by atoms with Crippen LogP contribution in [-0.2, 0) is 17.6 Å². The Labute approximate surface area is 139 Å². The van der Waals surface area contributed by atoms with Crippen LogP contribution >= 0.6 is 11.6 Å². The Kier molecular flexibility index (Phi) is 3.90. The summed E-state index contributed by atoms with van der Waals surface area (Å²) in [6.45, 7) is 7.27. The highest BCUT2D eigenvalue weighted by molar-refractivity contribution is 6.31. The number of ether oxygens (including phenoxy) is 1. The Balaban J connectivity index is 2.31. The molecule has 2 aromatic rings. The molecule has 3 nitrogen and oxygen atoms in total. The Morgan fingerprint density at radius 1 is 1.30 bits per heavy atom. The first-order chi connectivity index (χ1) is 10.9. The monoisotopic (exact) mass is 328 g/mol. The number of benzene rings is 2. The van der Waals surface area contributed by atoms with Crippen molar-refractivity contribution in [1.29, 1.82) is 0 Å². The molecule has 0 radical (unpaired) electrons. The van der Waals surface area contributed by atoms with Crippen LogP contribution in [0.1, 0.15) is 25.0 Å². The Morgan fingerprint density at radius 3 is 2.74 bits per heavy atom. The van der Waals surface area contributed by atoms with E-state index < -0.39 is 5.97 Å². The van der Waals surface area contributed by atoms with Crippen molar-refractivity contribution in [2.75, 3.05) is 0 Å². The first kappa shape index (κ1) is 15.6. The summed E-state index contributed by atoms with van der Waals surface area (Å²) in [5.41, 5.74) is 3.15. The fraction of sp³-hybridized carbons (Fsp3) is 0.211. The topological polar surface area (TPSA) is 46.5 Å². The van der Waals surface area contributed by atoms with Crippen molar-refractivity contribution < 1.29 is 14.6 Å². The van der Waals surface area contributed by atoms with Crippen LogP contribution in [0.15, 0.2) is 42.0 Å². The summed E-state index contributed by atoms with van der Waals surface area (Å²) < 4.78 is 5.61. The SMILES string of the molecule is C=C(C)C(=O)Oc1c2c(c(O)c3cc(Cl)ccc13)CC=C(C)C2. The van der Waals surface area contributed by atoms with Crippen LogP contribution in [-0.4, -0.2) is 11.1 Å². The minimum Gasteiger partial charge on any atom is -0.507 e. The molecule has 1 aliphatic rings. The van der Waals surface area contributed by atoms with Gasteiger partial charge in [0, 0.05) is 32.5 Å². The molecular weight excluding hydrogens is 312 g/mol. The molecule has 0 amide bonds. The lowest BCUT2D eigenvalue weighted by Gasteiger charge is -2.22. The van der Waals surface area contributed by atoms with Gasteiger partial charge in [-0.05, 0) is 44.9 Å². The molecule has 1 aliphatic carbocycles. The van der Waals surface area contributed by atoms with Crippen LogP contribution in [0.5, 0.6) is 11.5 Å². The molecule has 0 atom stereocenters. The van der Waals surface area contributed by atoms with Crippen LogP contribution < -0.4 is 4.74 Å². The van der Waals surface area contributed by atoms with Gasteiger partial charge in [0.1, 0.15) is 11.5 Å². The average Bonchev–Trinajstić information content (AvgIpc) is 2.51. The van der Waals surface area contributed by atoms with E-state index in [2.05, 4.69) is 12.7 Å². The van der Waals surface area contributed by atoms with Gasteiger partial charge in [-0.3, -0.25) is 0 Å². The number of aromatic hydroxyl groups is 1. The van der Waals surface area contributed by atoms with Gasteiger partial charge >= 0.3 is 5.97 Å². The summed E-state index contributed by atoms with van der Waals surface area (Å²) >= 11 is 6.06. The maximum Gasteiger partial charge on any atom is 0.338 e. The maximum atomic E-state index is 12.1. The highest BCUT2D eigenvalue weighted by atomic mass is 35.5. The number of carbonyl (C=O) groups is 1. The largest absolute Gasteiger partial charge is 0.507 e. The molecule has 0 saturated carbocycles. The summed E-state index contributed by atoms with van der Waals surface area (Å²) in [5.74, 6) is 0.225. The molecule has 118 valence electrons. The molecule has 0 aromatic heterocycles. The maximum absolute atomic E-state index is 12.1. The fourth-order valence-electron chi connectivity index (χ4n) is 2.85. The van der Waals surface area contributed by atoms with Crippen molar-refractivity contribution in [3.05, 3.63) is 58.1 Å². The Hall–Kier alpha value is -2.26. The van der Waals surface area contributed by atoms with E-state index in [0.29, 0.717) is 40.0 Å². The van der Waals surface area contributed by atoms with Gasteiger partial charge in [-0.25, -0.2) is 4.79 Å². The molecule has 3 rings (SSSR count). The number of phenolic OH excluding ortho intramolecular Hbond substituents is 1. The molecule has 0 unspecified atom stereocenters. The normalized spacial score (nSPS) is 13.4. The lowest BCUT2D eigenvalue weighted by molar-refractivity contribution is -0.130. The van der Waals surface area contributed by atoms with E-state index in [9.17, 15) is 9.90 Å². The number of hydrogen-bond donors (Lipinski definition) is 1. The highest BCUT2D eigenvalue weighted by Gasteiger charge is 2.24. The average molecular weight is 329 g/mol. The van der Waals surface area contributed by atoms with Gasteiger partial charge in [-0.15, -0.1) is 0 Å². The second-order valence-electron chi connectivity index (χ2n) is 5.93. The fourth-order valence-corrected chi connectivity index (χ4v) is 3.02. The van der Waals surface area contributed by atoms with E-state index in [4.69, 9.17) is 16.3 Å². The second kappa shape index (κ2) is 5.74. The second-order valence-corrected chi connectivity index (χ2v) is 6.36. The summed E-state index contributed by atoms with van der Waals surface area (Å²) in [6.07, 6.45) is 3.32. The molecule has 1 N–H and O–H groups in total. The molecule has 0 heterocycles. The first-order valence-electron chi connectivity index (χ1n) is 7.37. The number of phenols is 1. The van der Waals surface area contributed by atoms with Crippen molar-refractivity contribution in [2.24, 2.45) is 0 Å². The van der Waals surface area contributed by atoms with Crippen LogP contribution in [0.2, 0.25) is 5.02 Å². The highest BCUT2D eigenvalue weighted by Crippen LogP contribution is 2.44. The molecule has 0 bridgehead atoms. The summed E-state index contributed by atoms with van der Waals surface area (Å²) in [7, 11) is 0. The van der Waals surface area contributed by atoms with Gasteiger partial charge in [0.25, 0.3) is 0 Å². The number of carbonyl (C=O) groups excluding carboxylic acids is 1. The number of halogens is 1. The standard InChI is InChI=1S/C19H17ClO3/c1-10(2)19(22)23-18-14-7-5-12(20)9-15(14)17(21)13-6-4-11(3)8-16(13)18/h4-5,7,9,21H,1,6,8H2,2-3H3. The molecule has 0 aliphatic heterocycles. The number of fused-ring (bicyclic) bond motifs is 2. The number of esters is 1. The minimum absolute atomic E-state index is 0.205. The first-order valence-corrected chi connectivity index (χ1v) is 7.75. The quantitative estimate of drug-likeness (QED) is 0.375. The molecule has 4 heteroatoms. The van der Waals surface area contributed by atoms with E-state index >= 15 is 0 Å². The number of rotatable bonds is 2. The Bertz CT molecular complexity index is 878. The van der Waals surface area contributed by atoms with Crippen molar-refractivity contribution in [3.63, 3.8) is 0 Å². The third-order valence-corrected chi connectivity index (χ3v) is 4.29. The molecule has 2 aromatic carbocycles. The number of hydrogen-bond acceptors (Lipinski definition) is 3. The van der Waals surface area contributed by atoms with Crippen molar-refractivity contribution in [3.8, 4) is 11.5 Å². The van der Waals surface area contributed by atoms with Crippen molar-refractivity contribution >= 4 is 28.3 Å². The lowest BCUT2D eigenvalue weighted by Crippen LogP contribution is -2.13. The smallest absolute Gasteiger partial charge is 0.338 e. The predicted molar refractivity (Wildman–Crippen MR) is 92.2 cm³/mol. The van der Waals surface area contributed by atoms with E-state index in [1.807, 2.05) is 6.92 Å². The zero-order valence-corrected chi connectivity index (χ0v) is 13.8. The van der Waals surface area contributed by atoms with E-state index in [-0.39, 0.29) is 5.75 Å². The predicted octanol–water partition coefficient (Wildman–Crippen LogP) is 4.73. The molecular formula is C19H17ClO3. The van der Waals surface area contributed by atoms with Crippen LogP contribution in [0.4, 0.5) is 0 Å². The Morgan fingerprint density at radius 2 is 2.04 bits per heavy atom. The molecule has 0 saturated heterocycles. The zero-order valence-electron chi connectivity index (χ0n) is 13.1. The van der Waals surface area contributed by atoms with Gasteiger partial charge < -0.3 is 9.84 Å². The van der Waals surface area contributed by atoms with Crippen molar-refractivity contribution in [2.45, 2.75) is 26.7 Å². The van der Waals surface area contributed by atoms with Crippen LogP contribution in [0.25, 0.3) is 10.8 Å². The van der Waals surface area contributed by atoms with E-state index in [1.54, 1.807) is 25.1 Å². The molecule has 0 spiro atoms. The van der Waals surface area contributed by atoms with E-state index in [1.165, 1.54) is 5.57 Å². The van der Waals surface area contributed by atoms with Gasteiger partial charge in [-0.2, -0.15) is 0 Å². The number of allylic oxidation sites excluding steroid dienone is 2. The lowest BCUT2D eigenvalue weighted by atomic mass is 9.87. The van der Waals surface area contributed by atoms with Gasteiger partial charge in [0.15, 0.2) is 0 Å². The van der Waals surface area contributed by atoms with Crippen molar-refractivity contribution in [1.82, 2.24) is 0 Å². The third-order valence-electron chi connectivity index (χ3n) is 4.06. The summed E-state index contributed by atoms with van der Waals surface area (Å²) in [5, 5.41) is 12.4. The minimum atomic E-state index is -0.471. The van der Waals surface area contributed by atoms with Gasteiger partial charge in [0.2, 0.25) is 0 Å².